The summed E-state index contributed by atoms with van der Waals surface area (Å²) in [7, 11) is 1.43. The topological polar surface area (TPSA) is 32.8 Å². The van der Waals surface area contributed by atoms with Crippen molar-refractivity contribution in [3.05, 3.63) is 41.0 Å². The maximum Gasteiger partial charge on any atom is 0.337 e. The van der Waals surface area contributed by atoms with Gasteiger partial charge in [-0.1, -0.05) is 31.9 Å². The first-order valence-corrected chi connectivity index (χ1v) is 12.1. The second-order valence-corrected chi connectivity index (χ2v) is 11.8. The number of ether oxygens (including phenoxy) is 1. The lowest BCUT2D eigenvalue weighted by atomic mass is 9.33. The van der Waals surface area contributed by atoms with Crippen LogP contribution < -0.4 is 4.90 Å². The lowest BCUT2D eigenvalue weighted by molar-refractivity contribution is -0.167. The van der Waals surface area contributed by atoms with Crippen molar-refractivity contribution in [1.82, 2.24) is 4.90 Å². The van der Waals surface area contributed by atoms with E-state index in [1.807, 2.05) is 17.7 Å². The number of piperazine rings is 1. The zero-order valence-electron chi connectivity index (χ0n) is 19.8. The Bertz CT molecular complexity index is 871. The van der Waals surface area contributed by atoms with Crippen molar-refractivity contribution in [3.8, 4) is 0 Å². The summed E-state index contributed by atoms with van der Waals surface area (Å²) in [6.07, 6.45) is 8.31. The molecule has 4 nitrogen and oxygen atoms in total. The predicted octanol–water partition coefficient (Wildman–Crippen LogP) is 5.29. The lowest BCUT2D eigenvalue weighted by Gasteiger charge is -2.72. The van der Waals surface area contributed by atoms with Crippen LogP contribution >= 0.6 is 0 Å². The Morgan fingerprint density at radius 2 is 1.65 bits per heavy atom. The van der Waals surface area contributed by atoms with E-state index in [9.17, 15) is 4.79 Å². The Morgan fingerprint density at radius 1 is 1.00 bits per heavy atom. The Labute approximate surface area is 187 Å². The molecule has 0 radical (unpaired) electrons. The van der Waals surface area contributed by atoms with Crippen molar-refractivity contribution >= 4 is 11.7 Å². The predicted molar refractivity (Wildman–Crippen MR) is 125 cm³/mol. The van der Waals surface area contributed by atoms with Crippen LogP contribution in [0.25, 0.3) is 0 Å². The molecule has 0 unspecified atom stereocenters. The van der Waals surface area contributed by atoms with E-state index in [4.69, 9.17) is 4.74 Å². The van der Waals surface area contributed by atoms with E-state index in [0.29, 0.717) is 21.8 Å². The molecule has 3 saturated carbocycles. The Kier molecular flexibility index (Phi) is 5.00. The van der Waals surface area contributed by atoms with E-state index in [1.165, 1.54) is 57.9 Å². The minimum atomic E-state index is -0.270. The average molecular weight is 423 g/mol. The van der Waals surface area contributed by atoms with Gasteiger partial charge < -0.3 is 9.64 Å². The average Bonchev–Trinajstić information content (AvgIpc) is 2.72. The van der Waals surface area contributed by atoms with Gasteiger partial charge in [-0.2, -0.15) is 0 Å². The van der Waals surface area contributed by atoms with Crippen LogP contribution in [0.1, 0.15) is 69.7 Å². The Morgan fingerprint density at radius 3 is 2.23 bits per heavy atom. The molecule has 0 spiro atoms. The van der Waals surface area contributed by atoms with Gasteiger partial charge in [0.05, 0.1) is 12.7 Å². The van der Waals surface area contributed by atoms with Crippen LogP contribution in [0.15, 0.2) is 35.4 Å². The fourth-order valence-electron chi connectivity index (χ4n) is 7.04. The van der Waals surface area contributed by atoms with Crippen LogP contribution in [0.3, 0.4) is 0 Å². The van der Waals surface area contributed by atoms with Gasteiger partial charge in [-0.25, -0.2) is 4.79 Å². The highest BCUT2D eigenvalue weighted by atomic mass is 16.5. The van der Waals surface area contributed by atoms with Crippen molar-refractivity contribution in [3.63, 3.8) is 0 Å². The molecule has 1 heterocycles. The molecule has 168 valence electrons. The molecular formula is C27H38N2O2. The number of benzene rings is 1. The van der Waals surface area contributed by atoms with E-state index in [-0.39, 0.29) is 5.97 Å². The number of hydrogen-bond donors (Lipinski definition) is 0. The standard InChI is InChI=1S/C27H38N2O2/c1-25(2)10-9-21(23(15-25)27-17-26(3,18-27)19-27)16-28-11-13-29(14-12-28)22-7-5-20(6-8-22)24(30)31-4/h5-8H,9-19H2,1-4H3. The summed E-state index contributed by atoms with van der Waals surface area (Å²) in [6.45, 7) is 12.9. The molecule has 1 aliphatic heterocycles. The SMILES string of the molecule is COC(=O)c1ccc(N2CCN(CC3=C(C45CC(C)(C4)C5)CC(C)(C)CC3)CC2)cc1. The summed E-state index contributed by atoms with van der Waals surface area (Å²) in [4.78, 5) is 16.8. The lowest BCUT2D eigenvalue weighted by Crippen LogP contribution is -2.61. The molecule has 5 aliphatic rings. The fraction of sp³-hybridized carbons (Fsp3) is 0.667. The highest BCUT2D eigenvalue weighted by Gasteiger charge is 2.66. The van der Waals surface area contributed by atoms with Gasteiger partial charge >= 0.3 is 5.97 Å². The maximum atomic E-state index is 11.7. The molecular weight excluding hydrogens is 384 g/mol. The number of carbonyl (C=O) groups excluding carboxylic acids is 1. The van der Waals surface area contributed by atoms with Crippen LogP contribution in [0, 0.1) is 16.2 Å². The first-order valence-electron chi connectivity index (χ1n) is 12.1. The minimum Gasteiger partial charge on any atom is -0.465 e. The van der Waals surface area contributed by atoms with Crippen molar-refractivity contribution < 1.29 is 9.53 Å². The molecule has 2 bridgehead atoms. The summed E-state index contributed by atoms with van der Waals surface area (Å²) in [5, 5.41) is 0. The van der Waals surface area contributed by atoms with Crippen molar-refractivity contribution in [2.45, 2.75) is 59.3 Å². The molecule has 1 saturated heterocycles. The van der Waals surface area contributed by atoms with Crippen molar-refractivity contribution in [2.75, 3.05) is 44.7 Å². The van der Waals surface area contributed by atoms with E-state index in [0.717, 1.165) is 26.2 Å². The zero-order valence-corrected chi connectivity index (χ0v) is 19.8. The van der Waals surface area contributed by atoms with Gasteiger partial charge in [-0.15, -0.1) is 0 Å². The number of esters is 1. The quantitative estimate of drug-likeness (QED) is 0.477. The number of methoxy groups -OCH3 is 1. The van der Waals surface area contributed by atoms with Gasteiger partial charge in [0.15, 0.2) is 0 Å². The second-order valence-electron chi connectivity index (χ2n) is 11.8. The normalized spacial score (nSPS) is 32.3. The van der Waals surface area contributed by atoms with Gasteiger partial charge in [0.2, 0.25) is 0 Å². The summed E-state index contributed by atoms with van der Waals surface area (Å²) in [5.41, 5.74) is 7.22. The number of nitrogens with zero attached hydrogens (tertiary/aromatic N) is 2. The first kappa shape index (κ1) is 21.1. The molecule has 0 atom stereocenters. The number of allylic oxidation sites excluding steroid dienone is 1. The van der Waals surface area contributed by atoms with Crippen LogP contribution in [-0.2, 0) is 4.74 Å². The van der Waals surface area contributed by atoms with E-state index in [1.54, 1.807) is 5.57 Å². The third-order valence-corrected chi connectivity index (χ3v) is 8.56. The molecule has 4 aliphatic carbocycles. The zero-order chi connectivity index (χ0) is 21.9. The molecule has 0 aromatic heterocycles. The largest absolute Gasteiger partial charge is 0.465 e. The first-order chi connectivity index (χ1) is 14.7. The van der Waals surface area contributed by atoms with Gasteiger partial charge in [0.25, 0.3) is 0 Å². The summed E-state index contributed by atoms with van der Waals surface area (Å²) >= 11 is 0. The van der Waals surface area contributed by atoms with Gasteiger partial charge in [0.1, 0.15) is 0 Å². The Balaban J connectivity index is 1.23. The van der Waals surface area contributed by atoms with Crippen LogP contribution in [0.5, 0.6) is 0 Å². The van der Waals surface area contributed by atoms with Gasteiger partial charge in [-0.05, 0) is 79.0 Å². The molecule has 1 aromatic rings. The highest BCUT2D eigenvalue weighted by molar-refractivity contribution is 5.89. The number of carbonyl (C=O) groups is 1. The minimum absolute atomic E-state index is 0.270. The fourth-order valence-corrected chi connectivity index (χ4v) is 7.04. The monoisotopic (exact) mass is 422 g/mol. The van der Waals surface area contributed by atoms with Crippen molar-refractivity contribution in [2.24, 2.45) is 16.2 Å². The van der Waals surface area contributed by atoms with E-state index < -0.39 is 0 Å². The Hall–Kier alpha value is -1.81. The summed E-state index contributed by atoms with van der Waals surface area (Å²) in [6, 6.07) is 7.85. The van der Waals surface area contributed by atoms with E-state index >= 15 is 0 Å². The van der Waals surface area contributed by atoms with Gasteiger partial charge in [-0.3, -0.25) is 4.90 Å². The molecule has 6 rings (SSSR count). The van der Waals surface area contributed by atoms with Crippen LogP contribution in [0.4, 0.5) is 5.69 Å². The molecule has 1 aromatic carbocycles. The summed E-state index contributed by atoms with van der Waals surface area (Å²) in [5.74, 6) is -0.270. The van der Waals surface area contributed by atoms with E-state index in [2.05, 4.69) is 42.7 Å². The van der Waals surface area contributed by atoms with Gasteiger partial charge in [0, 0.05) is 38.4 Å². The smallest absolute Gasteiger partial charge is 0.337 e. The van der Waals surface area contributed by atoms with Crippen LogP contribution in [0.2, 0.25) is 0 Å². The number of anilines is 1. The second kappa shape index (κ2) is 7.37. The van der Waals surface area contributed by atoms with Crippen LogP contribution in [-0.4, -0.2) is 50.7 Å². The molecule has 31 heavy (non-hydrogen) atoms. The molecule has 0 N–H and O–H groups in total. The molecule has 0 amide bonds. The van der Waals surface area contributed by atoms with Crippen molar-refractivity contribution in [1.29, 1.82) is 0 Å². The highest BCUT2D eigenvalue weighted by Crippen LogP contribution is 2.77. The number of hydrogen-bond acceptors (Lipinski definition) is 4. The maximum absolute atomic E-state index is 11.7. The third-order valence-electron chi connectivity index (χ3n) is 8.56. The third kappa shape index (κ3) is 3.82. The number of rotatable bonds is 5. The molecule has 4 fully saturated rings. The summed E-state index contributed by atoms with van der Waals surface area (Å²) < 4.78 is 4.81. The molecule has 4 heteroatoms.